The van der Waals surface area contributed by atoms with Crippen molar-refractivity contribution in [3.8, 4) is 0 Å². The maximum Gasteiger partial charge on any atom is 0.160 e. The largest absolute Gasteiger partial charge is 0.394 e. The highest BCUT2D eigenvalue weighted by Crippen LogP contribution is 2.34. The fraction of sp³-hybridized carbons (Fsp3) is 1.00. The van der Waals surface area contributed by atoms with Gasteiger partial charge in [0, 0.05) is 5.92 Å². The summed E-state index contributed by atoms with van der Waals surface area (Å²) in [5.41, 5.74) is -0.0816. The van der Waals surface area contributed by atoms with E-state index in [2.05, 4.69) is 0 Å². The van der Waals surface area contributed by atoms with Gasteiger partial charge >= 0.3 is 0 Å². The lowest BCUT2D eigenvalue weighted by molar-refractivity contribution is -0.274. The Morgan fingerprint density at radius 3 is 2.06 bits per heavy atom. The van der Waals surface area contributed by atoms with Gasteiger partial charge in [-0.2, -0.15) is 0 Å². The van der Waals surface area contributed by atoms with Gasteiger partial charge in [0.25, 0.3) is 0 Å². The van der Waals surface area contributed by atoms with E-state index in [1.807, 2.05) is 20.8 Å². The Balaban J connectivity index is 2.72. The van der Waals surface area contributed by atoms with E-state index in [1.54, 1.807) is 0 Å². The molecule has 1 rings (SSSR count). The molecule has 5 nitrogen and oxygen atoms in total. The van der Waals surface area contributed by atoms with E-state index in [9.17, 15) is 15.3 Å². The van der Waals surface area contributed by atoms with Crippen molar-refractivity contribution in [2.75, 3.05) is 6.61 Å². The van der Waals surface area contributed by atoms with Crippen LogP contribution in [0.3, 0.4) is 0 Å². The Labute approximate surface area is 95.7 Å². The van der Waals surface area contributed by atoms with E-state index in [1.165, 1.54) is 0 Å². The van der Waals surface area contributed by atoms with E-state index in [0.717, 1.165) is 0 Å². The lowest BCUT2D eigenvalue weighted by Crippen LogP contribution is -2.56. The minimum Gasteiger partial charge on any atom is -0.394 e. The van der Waals surface area contributed by atoms with Gasteiger partial charge in [0.1, 0.15) is 12.2 Å². The minimum atomic E-state index is -1.15. The summed E-state index contributed by atoms with van der Waals surface area (Å²) in [6.45, 7) is 5.53. The summed E-state index contributed by atoms with van der Waals surface area (Å²) in [6, 6.07) is 0. The van der Waals surface area contributed by atoms with Crippen molar-refractivity contribution in [2.24, 2.45) is 11.3 Å². The minimum absolute atomic E-state index is 0.0816. The molecule has 5 unspecified atom stereocenters. The van der Waals surface area contributed by atoms with Crippen LogP contribution in [0.15, 0.2) is 0 Å². The second-order valence-electron chi connectivity index (χ2n) is 5.66. The van der Waals surface area contributed by atoms with Crippen LogP contribution >= 0.6 is 0 Å². The van der Waals surface area contributed by atoms with Crippen molar-refractivity contribution in [1.29, 1.82) is 0 Å². The van der Waals surface area contributed by atoms with Crippen LogP contribution in [0.2, 0.25) is 0 Å². The molecule has 0 radical (unpaired) electrons. The van der Waals surface area contributed by atoms with Gasteiger partial charge in [-0.05, 0) is 11.8 Å². The van der Waals surface area contributed by atoms with Crippen LogP contribution in [-0.4, -0.2) is 51.6 Å². The van der Waals surface area contributed by atoms with Gasteiger partial charge in [-0.15, -0.1) is 0 Å². The van der Waals surface area contributed by atoms with Gasteiger partial charge in [-0.1, -0.05) is 20.8 Å². The summed E-state index contributed by atoms with van der Waals surface area (Å²) in [7, 11) is 0. The van der Waals surface area contributed by atoms with Crippen molar-refractivity contribution < 1.29 is 25.2 Å². The van der Waals surface area contributed by atoms with Gasteiger partial charge in [-0.25, -0.2) is 0 Å². The zero-order chi connectivity index (χ0) is 12.5. The smallest absolute Gasteiger partial charge is 0.160 e. The van der Waals surface area contributed by atoms with E-state index >= 15 is 0 Å². The zero-order valence-corrected chi connectivity index (χ0v) is 10.00. The summed E-state index contributed by atoms with van der Waals surface area (Å²) in [5.74, 6) is -0.530. The highest BCUT2D eigenvalue weighted by molar-refractivity contribution is 4.90. The Morgan fingerprint density at radius 1 is 1.06 bits per heavy atom. The molecule has 16 heavy (non-hydrogen) atoms. The number of aliphatic hydroxyl groups is 4. The van der Waals surface area contributed by atoms with Gasteiger partial charge in [0.2, 0.25) is 0 Å². The molecule has 1 saturated heterocycles. The van der Waals surface area contributed by atoms with E-state index in [0.29, 0.717) is 6.42 Å². The first-order chi connectivity index (χ1) is 7.26. The van der Waals surface area contributed by atoms with Crippen molar-refractivity contribution in [1.82, 2.24) is 0 Å². The molecule has 0 aliphatic carbocycles. The number of ether oxygens (including phenoxy) is 1. The van der Waals surface area contributed by atoms with Crippen molar-refractivity contribution in [3.05, 3.63) is 0 Å². The molecule has 4 N–H and O–H groups in total. The third kappa shape index (κ3) is 3.15. The maximum atomic E-state index is 9.87. The Hall–Kier alpha value is -0.200. The molecule has 1 aliphatic heterocycles. The third-order valence-electron chi connectivity index (χ3n) is 2.88. The molecule has 0 aromatic heterocycles. The predicted molar refractivity (Wildman–Crippen MR) is 57.5 cm³/mol. The molecular formula is C11H22O5. The molecule has 0 saturated carbocycles. The Kier molecular flexibility index (Phi) is 4.31. The molecule has 0 aromatic carbocycles. The molecule has 96 valence electrons. The molecule has 0 aromatic rings. The summed E-state index contributed by atoms with van der Waals surface area (Å²) in [5, 5.41) is 38.2. The SMILES string of the molecule is CC(C)(C)CC1C(O)OC(CO)C(O)C1O. The van der Waals surface area contributed by atoms with Gasteiger partial charge in [0.05, 0.1) is 12.7 Å². The summed E-state index contributed by atoms with van der Waals surface area (Å²) in [6.07, 6.45) is -3.75. The summed E-state index contributed by atoms with van der Waals surface area (Å²) in [4.78, 5) is 0. The standard InChI is InChI=1S/C11H22O5/c1-11(2,3)4-6-8(13)9(14)7(5-12)16-10(6)15/h6-10,12-15H,4-5H2,1-3H3. The van der Waals surface area contributed by atoms with E-state index < -0.39 is 37.1 Å². The molecular weight excluding hydrogens is 212 g/mol. The number of rotatable bonds is 2. The second-order valence-corrected chi connectivity index (χ2v) is 5.66. The van der Waals surface area contributed by atoms with Crippen LogP contribution in [0.5, 0.6) is 0 Å². The van der Waals surface area contributed by atoms with Gasteiger partial charge < -0.3 is 25.2 Å². The fourth-order valence-corrected chi connectivity index (χ4v) is 2.08. The highest BCUT2D eigenvalue weighted by Gasteiger charge is 2.44. The first-order valence-corrected chi connectivity index (χ1v) is 5.57. The number of hydrogen-bond acceptors (Lipinski definition) is 5. The number of aliphatic hydroxyl groups excluding tert-OH is 4. The second kappa shape index (κ2) is 4.98. The Morgan fingerprint density at radius 2 is 1.62 bits per heavy atom. The number of hydrogen-bond donors (Lipinski definition) is 4. The van der Waals surface area contributed by atoms with Crippen LogP contribution in [0.25, 0.3) is 0 Å². The van der Waals surface area contributed by atoms with Crippen LogP contribution in [0.4, 0.5) is 0 Å². The average molecular weight is 234 g/mol. The third-order valence-corrected chi connectivity index (χ3v) is 2.88. The van der Waals surface area contributed by atoms with E-state index in [4.69, 9.17) is 9.84 Å². The highest BCUT2D eigenvalue weighted by atomic mass is 16.6. The van der Waals surface area contributed by atoms with Gasteiger partial charge in [0.15, 0.2) is 6.29 Å². The maximum absolute atomic E-state index is 9.87. The van der Waals surface area contributed by atoms with Crippen LogP contribution in [0, 0.1) is 11.3 Å². The molecule has 0 bridgehead atoms. The van der Waals surface area contributed by atoms with Gasteiger partial charge in [-0.3, -0.25) is 0 Å². The predicted octanol–water partition coefficient (Wildman–Crippen LogP) is -0.530. The normalized spacial score (nSPS) is 41.1. The summed E-state index contributed by atoms with van der Waals surface area (Å²) < 4.78 is 5.07. The quantitative estimate of drug-likeness (QED) is 0.516. The van der Waals surface area contributed by atoms with Crippen molar-refractivity contribution >= 4 is 0 Å². The average Bonchev–Trinajstić information content (AvgIpc) is 2.17. The van der Waals surface area contributed by atoms with Crippen LogP contribution in [-0.2, 0) is 4.74 Å². The molecule has 1 heterocycles. The molecule has 0 spiro atoms. The molecule has 5 atom stereocenters. The zero-order valence-electron chi connectivity index (χ0n) is 10.00. The first-order valence-electron chi connectivity index (χ1n) is 5.57. The Bertz CT molecular complexity index is 225. The van der Waals surface area contributed by atoms with Crippen molar-refractivity contribution in [2.45, 2.75) is 51.8 Å². The van der Waals surface area contributed by atoms with E-state index in [-0.39, 0.29) is 5.41 Å². The van der Waals surface area contributed by atoms with Crippen molar-refractivity contribution in [3.63, 3.8) is 0 Å². The van der Waals surface area contributed by atoms with Crippen LogP contribution in [0.1, 0.15) is 27.2 Å². The molecule has 0 amide bonds. The molecule has 1 fully saturated rings. The first kappa shape index (κ1) is 13.9. The fourth-order valence-electron chi connectivity index (χ4n) is 2.08. The molecule has 1 aliphatic rings. The topological polar surface area (TPSA) is 90.2 Å². The molecule has 5 heteroatoms. The lowest BCUT2D eigenvalue weighted by atomic mass is 9.78. The lowest BCUT2D eigenvalue weighted by Gasteiger charge is -2.42. The monoisotopic (exact) mass is 234 g/mol. The summed E-state index contributed by atoms with van der Waals surface area (Å²) >= 11 is 0. The van der Waals surface area contributed by atoms with Crippen LogP contribution < -0.4 is 0 Å².